The van der Waals surface area contributed by atoms with Gasteiger partial charge in [0, 0.05) is 17.0 Å². The van der Waals surface area contributed by atoms with Crippen LogP contribution in [-0.2, 0) is 14.3 Å². The molecule has 0 radical (unpaired) electrons. The van der Waals surface area contributed by atoms with Gasteiger partial charge in [0.1, 0.15) is 11.5 Å². The van der Waals surface area contributed by atoms with Crippen LogP contribution in [0.4, 0.5) is 5.69 Å². The number of hydrogen-bond donors (Lipinski definition) is 1. The van der Waals surface area contributed by atoms with E-state index in [1.807, 2.05) is 6.92 Å². The SMILES string of the molecule is CCCOc1ccc(C(=O)CCC(=O)OC(C)C(=O)Nc2cc(Cl)ccc2OC)cc1. The van der Waals surface area contributed by atoms with Crippen molar-refractivity contribution >= 4 is 34.9 Å². The average molecular weight is 448 g/mol. The van der Waals surface area contributed by atoms with Crippen LogP contribution in [0, 0.1) is 0 Å². The minimum atomic E-state index is -1.05. The number of amides is 1. The Morgan fingerprint density at radius 2 is 1.77 bits per heavy atom. The van der Waals surface area contributed by atoms with Gasteiger partial charge in [0.05, 0.1) is 25.8 Å². The zero-order valence-corrected chi connectivity index (χ0v) is 18.5. The molecule has 166 valence electrons. The third-order valence-corrected chi connectivity index (χ3v) is 4.54. The van der Waals surface area contributed by atoms with Crippen LogP contribution in [0.25, 0.3) is 0 Å². The lowest BCUT2D eigenvalue weighted by molar-refractivity contribution is -0.153. The van der Waals surface area contributed by atoms with Crippen molar-refractivity contribution in [2.24, 2.45) is 0 Å². The first-order valence-electron chi connectivity index (χ1n) is 9.94. The molecule has 1 atom stereocenters. The molecule has 1 N–H and O–H groups in total. The molecule has 2 aromatic rings. The molecular weight excluding hydrogens is 422 g/mol. The first-order valence-corrected chi connectivity index (χ1v) is 10.3. The monoisotopic (exact) mass is 447 g/mol. The summed E-state index contributed by atoms with van der Waals surface area (Å²) in [6.45, 7) is 4.06. The number of methoxy groups -OCH3 is 1. The zero-order chi connectivity index (χ0) is 22.8. The van der Waals surface area contributed by atoms with E-state index in [0.717, 1.165) is 6.42 Å². The van der Waals surface area contributed by atoms with Gasteiger partial charge in [0.25, 0.3) is 5.91 Å². The molecule has 0 bridgehead atoms. The number of anilines is 1. The lowest BCUT2D eigenvalue weighted by Crippen LogP contribution is -2.30. The largest absolute Gasteiger partial charge is 0.495 e. The molecule has 1 unspecified atom stereocenters. The fourth-order valence-electron chi connectivity index (χ4n) is 2.64. The molecule has 0 aliphatic carbocycles. The highest BCUT2D eigenvalue weighted by molar-refractivity contribution is 6.31. The second-order valence-corrected chi connectivity index (χ2v) is 7.20. The van der Waals surface area contributed by atoms with Gasteiger partial charge in [-0.2, -0.15) is 0 Å². The molecule has 8 heteroatoms. The van der Waals surface area contributed by atoms with Gasteiger partial charge in [-0.3, -0.25) is 14.4 Å². The first-order chi connectivity index (χ1) is 14.8. The molecule has 0 heterocycles. The highest BCUT2D eigenvalue weighted by Crippen LogP contribution is 2.27. The van der Waals surface area contributed by atoms with Crippen molar-refractivity contribution in [2.75, 3.05) is 19.0 Å². The van der Waals surface area contributed by atoms with Gasteiger partial charge in [-0.1, -0.05) is 18.5 Å². The lowest BCUT2D eigenvalue weighted by Gasteiger charge is -2.15. The Kier molecular flexibility index (Phi) is 9.34. The maximum absolute atomic E-state index is 12.3. The minimum absolute atomic E-state index is 0.0234. The van der Waals surface area contributed by atoms with E-state index in [9.17, 15) is 14.4 Å². The molecule has 0 saturated carbocycles. The van der Waals surface area contributed by atoms with Crippen LogP contribution in [0.5, 0.6) is 11.5 Å². The topological polar surface area (TPSA) is 90.9 Å². The number of esters is 1. The van der Waals surface area contributed by atoms with E-state index in [4.69, 9.17) is 25.8 Å². The average Bonchev–Trinajstić information content (AvgIpc) is 2.76. The number of halogens is 1. The highest BCUT2D eigenvalue weighted by atomic mass is 35.5. The van der Waals surface area contributed by atoms with Crippen LogP contribution in [0.1, 0.15) is 43.5 Å². The zero-order valence-electron chi connectivity index (χ0n) is 17.8. The summed E-state index contributed by atoms with van der Waals surface area (Å²) < 4.78 is 15.8. The van der Waals surface area contributed by atoms with Crippen molar-refractivity contribution in [2.45, 2.75) is 39.2 Å². The van der Waals surface area contributed by atoms with Crippen LogP contribution in [0.2, 0.25) is 5.02 Å². The summed E-state index contributed by atoms with van der Waals surface area (Å²) in [5.41, 5.74) is 0.847. The number of nitrogens with one attached hydrogen (secondary N) is 1. The standard InChI is InChI=1S/C23H26ClNO6/c1-4-13-30-18-8-5-16(6-9-18)20(26)10-12-22(27)31-15(2)23(28)25-19-14-17(24)7-11-21(19)29-3/h5-9,11,14-15H,4,10,12-13H2,1-3H3,(H,25,28). The number of Topliss-reactive ketones (excluding diaryl/α,β-unsaturated/α-hetero) is 1. The van der Waals surface area contributed by atoms with E-state index in [-0.39, 0.29) is 18.6 Å². The number of ketones is 1. The molecule has 0 aliphatic rings. The Bertz CT molecular complexity index is 913. The summed E-state index contributed by atoms with van der Waals surface area (Å²) >= 11 is 5.94. The molecule has 7 nitrogen and oxygen atoms in total. The van der Waals surface area contributed by atoms with Crippen LogP contribution in [0.3, 0.4) is 0 Å². The fraction of sp³-hybridized carbons (Fsp3) is 0.348. The van der Waals surface area contributed by atoms with Crippen molar-refractivity contribution < 1.29 is 28.6 Å². The quantitative estimate of drug-likeness (QED) is 0.397. The maximum Gasteiger partial charge on any atom is 0.307 e. The summed E-state index contributed by atoms with van der Waals surface area (Å²) in [7, 11) is 1.46. The number of carbonyl (C=O) groups excluding carboxylic acids is 3. The lowest BCUT2D eigenvalue weighted by atomic mass is 10.1. The Labute approximate surface area is 186 Å². The van der Waals surface area contributed by atoms with Gasteiger partial charge in [-0.05, 0) is 55.8 Å². The number of carbonyl (C=O) groups is 3. The summed E-state index contributed by atoms with van der Waals surface area (Å²) in [5, 5.41) is 3.03. The minimum Gasteiger partial charge on any atom is -0.495 e. The summed E-state index contributed by atoms with van der Waals surface area (Å²) in [5.74, 6) is -0.262. The predicted octanol–water partition coefficient (Wildman–Crippen LogP) is 4.67. The molecule has 1 amide bonds. The summed E-state index contributed by atoms with van der Waals surface area (Å²) in [6, 6.07) is 11.5. The number of hydrogen-bond acceptors (Lipinski definition) is 6. The third-order valence-electron chi connectivity index (χ3n) is 4.30. The van der Waals surface area contributed by atoms with Crippen LogP contribution in [0.15, 0.2) is 42.5 Å². The Morgan fingerprint density at radius 3 is 2.42 bits per heavy atom. The molecule has 0 fully saturated rings. The van der Waals surface area contributed by atoms with Crippen molar-refractivity contribution in [3.05, 3.63) is 53.1 Å². The van der Waals surface area contributed by atoms with E-state index in [1.54, 1.807) is 36.4 Å². The molecule has 0 aromatic heterocycles. The van der Waals surface area contributed by atoms with Crippen LogP contribution < -0.4 is 14.8 Å². The fourth-order valence-corrected chi connectivity index (χ4v) is 2.81. The van der Waals surface area contributed by atoms with Gasteiger partial charge >= 0.3 is 5.97 Å². The number of benzene rings is 2. The van der Waals surface area contributed by atoms with E-state index < -0.39 is 18.0 Å². The highest BCUT2D eigenvalue weighted by Gasteiger charge is 2.20. The van der Waals surface area contributed by atoms with Gasteiger partial charge < -0.3 is 19.5 Å². The molecule has 2 rings (SSSR count). The van der Waals surface area contributed by atoms with Gasteiger partial charge in [0.15, 0.2) is 11.9 Å². The molecule has 0 saturated heterocycles. The normalized spacial score (nSPS) is 11.4. The van der Waals surface area contributed by atoms with E-state index in [2.05, 4.69) is 5.32 Å². The van der Waals surface area contributed by atoms with Crippen molar-refractivity contribution in [1.82, 2.24) is 0 Å². The van der Waals surface area contributed by atoms with E-state index in [1.165, 1.54) is 20.1 Å². The second kappa shape index (κ2) is 12.0. The van der Waals surface area contributed by atoms with Crippen molar-refractivity contribution in [3.8, 4) is 11.5 Å². The van der Waals surface area contributed by atoms with Gasteiger partial charge in [-0.25, -0.2) is 0 Å². The Morgan fingerprint density at radius 1 is 1.06 bits per heavy atom. The maximum atomic E-state index is 12.3. The van der Waals surface area contributed by atoms with E-state index >= 15 is 0 Å². The molecule has 0 aliphatic heterocycles. The predicted molar refractivity (Wildman–Crippen MR) is 118 cm³/mol. The van der Waals surface area contributed by atoms with Gasteiger partial charge in [0.2, 0.25) is 0 Å². The summed E-state index contributed by atoms with van der Waals surface area (Å²) in [4.78, 5) is 36.7. The molecule has 2 aromatic carbocycles. The van der Waals surface area contributed by atoms with E-state index in [0.29, 0.717) is 34.4 Å². The molecule has 0 spiro atoms. The molecule has 31 heavy (non-hydrogen) atoms. The molecular formula is C23H26ClNO6. The third kappa shape index (κ3) is 7.61. The smallest absolute Gasteiger partial charge is 0.307 e. The first kappa shape index (κ1) is 24.2. The van der Waals surface area contributed by atoms with Crippen LogP contribution >= 0.6 is 11.6 Å². The summed E-state index contributed by atoms with van der Waals surface area (Å²) in [6.07, 6.45) is -0.317. The Balaban J connectivity index is 1.83. The Hall–Kier alpha value is -3.06. The number of ether oxygens (including phenoxy) is 3. The second-order valence-electron chi connectivity index (χ2n) is 6.76. The van der Waals surface area contributed by atoms with Crippen molar-refractivity contribution in [3.63, 3.8) is 0 Å². The van der Waals surface area contributed by atoms with Gasteiger partial charge in [-0.15, -0.1) is 0 Å². The van der Waals surface area contributed by atoms with Crippen molar-refractivity contribution in [1.29, 1.82) is 0 Å². The number of rotatable bonds is 11. The van der Waals surface area contributed by atoms with Crippen LogP contribution in [-0.4, -0.2) is 37.5 Å².